The molecule has 1 aromatic rings. The molecule has 1 aromatic carbocycles. The van der Waals surface area contributed by atoms with Crippen LogP contribution < -0.4 is 10.1 Å². The van der Waals surface area contributed by atoms with Gasteiger partial charge in [0.25, 0.3) is 0 Å². The number of esters is 1. The van der Waals surface area contributed by atoms with Crippen LogP contribution in [0.4, 0.5) is 0 Å². The molecular weight excluding hydrogens is 246 g/mol. The highest BCUT2D eigenvalue weighted by molar-refractivity contribution is 5.75. The number of phenols is 1. The first-order valence-electron chi connectivity index (χ1n) is 6.43. The average Bonchev–Trinajstić information content (AvgIpc) is 2.39. The van der Waals surface area contributed by atoms with E-state index < -0.39 is 0 Å². The predicted octanol–water partition coefficient (Wildman–Crippen LogP) is 1.83. The number of aromatic hydroxyl groups is 1. The summed E-state index contributed by atoms with van der Waals surface area (Å²) >= 11 is 0. The number of rotatable bonds is 7. The Bertz CT molecular complexity index is 420. The summed E-state index contributed by atoms with van der Waals surface area (Å²) in [7, 11) is 0. The summed E-state index contributed by atoms with van der Waals surface area (Å²) in [5.74, 6) is 0.293. The van der Waals surface area contributed by atoms with E-state index in [0.717, 1.165) is 5.56 Å². The van der Waals surface area contributed by atoms with Gasteiger partial charge >= 0.3 is 5.97 Å². The minimum Gasteiger partial charge on any atom is -0.504 e. The lowest BCUT2D eigenvalue weighted by molar-refractivity contribution is -0.145. The minimum absolute atomic E-state index is 0.115. The lowest BCUT2D eigenvalue weighted by Gasteiger charge is -2.13. The van der Waals surface area contributed by atoms with Crippen LogP contribution in [0.1, 0.15) is 26.3 Å². The zero-order valence-electron chi connectivity index (χ0n) is 11.6. The normalized spacial score (nSPS) is 11.9. The van der Waals surface area contributed by atoms with Gasteiger partial charge in [0, 0.05) is 6.54 Å². The Morgan fingerprint density at radius 3 is 2.74 bits per heavy atom. The van der Waals surface area contributed by atoms with Crippen LogP contribution in [-0.2, 0) is 16.1 Å². The monoisotopic (exact) mass is 267 g/mol. The van der Waals surface area contributed by atoms with Gasteiger partial charge in [0.2, 0.25) is 0 Å². The molecule has 0 radical (unpaired) electrons. The van der Waals surface area contributed by atoms with Crippen LogP contribution in [0, 0.1) is 0 Å². The third-order valence-electron chi connectivity index (χ3n) is 2.58. The largest absolute Gasteiger partial charge is 0.504 e. The molecule has 2 N–H and O–H groups in total. The van der Waals surface area contributed by atoms with Crippen molar-refractivity contribution in [3.8, 4) is 11.5 Å². The van der Waals surface area contributed by atoms with Gasteiger partial charge < -0.3 is 19.9 Å². The van der Waals surface area contributed by atoms with E-state index in [1.807, 2.05) is 6.92 Å². The van der Waals surface area contributed by atoms with Crippen molar-refractivity contribution in [2.24, 2.45) is 0 Å². The molecule has 0 aliphatic heterocycles. The van der Waals surface area contributed by atoms with Crippen molar-refractivity contribution in [1.82, 2.24) is 5.32 Å². The van der Waals surface area contributed by atoms with Crippen molar-refractivity contribution in [1.29, 1.82) is 0 Å². The van der Waals surface area contributed by atoms with Crippen molar-refractivity contribution in [3.05, 3.63) is 23.8 Å². The molecule has 1 unspecified atom stereocenters. The molecule has 0 fully saturated rings. The second kappa shape index (κ2) is 7.63. The first kappa shape index (κ1) is 15.3. The molecule has 0 aromatic heterocycles. The molecule has 0 amide bonds. The summed E-state index contributed by atoms with van der Waals surface area (Å²) < 4.78 is 10.2. The number of hydrogen-bond donors (Lipinski definition) is 2. The highest BCUT2D eigenvalue weighted by Crippen LogP contribution is 2.26. The van der Waals surface area contributed by atoms with E-state index in [0.29, 0.717) is 25.5 Å². The summed E-state index contributed by atoms with van der Waals surface area (Å²) in [6.45, 7) is 6.75. The Morgan fingerprint density at radius 2 is 2.11 bits per heavy atom. The van der Waals surface area contributed by atoms with E-state index in [-0.39, 0.29) is 17.8 Å². The highest BCUT2D eigenvalue weighted by atomic mass is 16.5. The quantitative estimate of drug-likeness (QED) is 0.738. The van der Waals surface area contributed by atoms with Crippen LogP contribution in [-0.4, -0.2) is 30.3 Å². The number of hydrogen-bond acceptors (Lipinski definition) is 5. The lowest BCUT2D eigenvalue weighted by Crippen LogP contribution is -2.34. The number of nitrogens with one attached hydrogen (secondary N) is 1. The molecule has 1 rings (SSSR count). The van der Waals surface area contributed by atoms with E-state index in [1.54, 1.807) is 32.0 Å². The summed E-state index contributed by atoms with van der Waals surface area (Å²) in [4.78, 5) is 11.4. The number of carbonyl (C=O) groups excluding carboxylic acids is 1. The molecule has 0 heterocycles. The van der Waals surface area contributed by atoms with Gasteiger partial charge in [-0.1, -0.05) is 6.07 Å². The van der Waals surface area contributed by atoms with Crippen LogP contribution in [0.5, 0.6) is 11.5 Å². The number of benzene rings is 1. The zero-order chi connectivity index (χ0) is 14.3. The smallest absolute Gasteiger partial charge is 0.322 e. The molecule has 0 saturated carbocycles. The van der Waals surface area contributed by atoms with Crippen LogP contribution in [0.3, 0.4) is 0 Å². The van der Waals surface area contributed by atoms with E-state index in [9.17, 15) is 9.90 Å². The zero-order valence-corrected chi connectivity index (χ0v) is 11.6. The maximum Gasteiger partial charge on any atom is 0.322 e. The Morgan fingerprint density at radius 1 is 1.37 bits per heavy atom. The van der Waals surface area contributed by atoms with E-state index in [2.05, 4.69) is 5.32 Å². The molecule has 0 saturated heterocycles. The Labute approximate surface area is 113 Å². The van der Waals surface area contributed by atoms with Crippen LogP contribution in [0.2, 0.25) is 0 Å². The van der Waals surface area contributed by atoms with Crippen molar-refractivity contribution < 1.29 is 19.4 Å². The molecule has 0 spiro atoms. The second-order valence-electron chi connectivity index (χ2n) is 4.09. The van der Waals surface area contributed by atoms with Crippen molar-refractivity contribution in [2.75, 3.05) is 13.2 Å². The lowest BCUT2D eigenvalue weighted by atomic mass is 10.2. The molecule has 0 aliphatic carbocycles. The first-order valence-corrected chi connectivity index (χ1v) is 6.43. The highest BCUT2D eigenvalue weighted by Gasteiger charge is 2.13. The molecule has 0 aliphatic rings. The summed E-state index contributed by atoms with van der Waals surface area (Å²) in [5, 5.41) is 12.6. The van der Waals surface area contributed by atoms with Crippen LogP contribution >= 0.6 is 0 Å². The van der Waals surface area contributed by atoms with Crippen molar-refractivity contribution in [3.63, 3.8) is 0 Å². The third kappa shape index (κ3) is 4.79. The SMILES string of the molecule is CCOC(=O)C(C)NCc1ccc(O)c(OCC)c1. The van der Waals surface area contributed by atoms with Gasteiger partial charge in [0.15, 0.2) is 11.5 Å². The first-order chi connectivity index (χ1) is 9.08. The molecule has 5 heteroatoms. The molecule has 19 heavy (non-hydrogen) atoms. The van der Waals surface area contributed by atoms with Gasteiger partial charge in [0.1, 0.15) is 6.04 Å². The molecule has 5 nitrogen and oxygen atoms in total. The van der Waals surface area contributed by atoms with E-state index in [1.165, 1.54) is 0 Å². The fourth-order valence-electron chi connectivity index (χ4n) is 1.56. The minimum atomic E-state index is -0.371. The standard InChI is InChI=1S/C14H21NO4/c1-4-18-13-8-11(6-7-12(13)16)9-15-10(3)14(17)19-5-2/h6-8,10,15-16H,4-5,9H2,1-3H3. The third-order valence-corrected chi connectivity index (χ3v) is 2.58. The molecular formula is C14H21NO4. The Hall–Kier alpha value is -1.75. The van der Waals surface area contributed by atoms with Crippen LogP contribution in [0.25, 0.3) is 0 Å². The van der Waals surface area contributed by atoms with Gasteiger partial charge in [-0.3, -0.25) is 4.79 Å². The van der Waals surface area contributed by atoms with E-state index in [4.69, 9.17) is 9.47 Å². The van der Waals surface area contributed by atoms with Gasteiger partial charge in [-0.25, -0.2) is 0 Å². The van der Waals surface area contributed by atoms with Crippen molar-refractivity contribution >= 4 is 5.97 Å². The van der Waals surface area contributed by atoms with Gasteiger partial charge in [0.05, 0.1) is 13.2 Å². The second-order valence-corrected chi connectivity index (χ2v) is 4.09. The Kier molecular flexibility index (Phi) is 6.15. The average molecular weight is 267 g/mol. The molecule has 1 atom stereocenters. The van der Waals surface area contributed by atoms with Crippen LogP contribution in [0.15, 0.2) is 18.2 Å². The fourth-order valence-corrected chi connectivity index (χ4v) is 1.56. The Balaban J connectivity index is 2.58. The number of phenolic OH excluding ortho intramolecular Hbond substituents is 1. The van der Waals surface area contributed by atoms with Gasteiger partial charge in [-0.05, 0) is 38.5 Å². The maximum atomic E-state index is 11.4. The molecule has 106 valence electrons. The molecule has 0 bridgehead atoms. The fraction of sp³-hybridized carbons (Fsp3) is 0.500. The van der Waals surface area contributed by atoms with Crippen molar-refractivity contribution in [2.45, 2.75) is 33.4 Å². The maximum absolute atomic E-state index is 11.4. The number of ether oxygens (including phenoxy) is 2. The topological polar surface area (TPSA) is 67.8 Å². The van der Waals surface area contributed by atoms with E-state index >= 15 is 0 Å². The summed E-state index contributed by atoms with van der Waals surface area (Å²) in [5.41, 5.74) is 0.928. The summed E-state index contributed by atoms with van der Waals surface area (Å²) in [6.07, 6.45) is 0. The number of carbonyl (C=O) groups is 1. The van der Waals surface area contributed by atoms with Gasteiger partial charge in [-0.15, -0.1) is 0 Å². The van der Waals surface area contributed by atoms with Gasteiger partial charge in [-0.2, -0.15) is 0 Å². The summed E-state index contributed by atoms with van der Waals surface area (Å²) in [6, 6.07) is 4.74. The predicted molar refractivity (Wildman–Crippen MR) is 72.2 cm³/mol.